The van der Waals surface area contributed by atoms with Crippen molar-refractivity contribution >= 4 is 27.3 Å². The van der Waals surface area contributed by atoms with Crippen LogP contribution in [0.25, 0.3) is 0 Å². The summed E-state index contributed by atoms with van der Waals surface area (Å²) in [6, 6.07) is 7.15. The quantitative estimate of drug-likeness (QED) is 0.802. The van der Waals surface area contributed by atoms with Crippen molar-refractivity contribution in [3.63, 3.8) is 0 Å². The summed E-state index contributed by atoms with van der Waals surface area (Å²) >= 11 is 5.17. The lowest BCUT2D eigenvalue weighted by molar-refractivity contribution is 0.588. The van der Waals surface area contributed by atoms with Gasteiger partial charge in [-0.05, 0) is 65.1 Å². The minimum atomic E-state index is -0.181. The van der Waals surface area contributed by atoms with E-state index < -0.39 is 0 Å². The number of nitrogens with one attached hydrogen (secondary N) is 1. The van der Waals surface area contributed by atoms with Gasteiger partial charge in [-0.25, -0.2) is 4.39 Å². The Balaban J connectivity index is 2.39. The second kappa shape index (κ2) is 6.64. The molecule has 1 nitrogen and oxygen atoms in total. The van der Waals surface area contributed by atoms with Crippen molar-refractivity contribution in [3.8, 4) is 0 Å². The molecule has 4 heteroatoms. The first-order valence-electron chi connectivity index (χ1n) is 6.35. The van der Waals surface area contributed by atoms with E-state index >= 15 is 0 Å². The first kappa shape index (κ1) is 14.7. The standard InChI is InChI=1S/C15H17BrFNS/c1-3-6-18-15(14-7-11(16)9-19-14)13-8-12(17)5-4-10(13)2/h4-5,7-9,15,18H,3,6H2,1-2H3. The van der Waals surface area contributed by atoms with Crippen LogP contribution in [-0.4, -0.2) is 6.54 Å². The molecule has 0 radical (unpaired) electrons. The third kappa shape index (κ3) is 3.65. The van der Waals surface area contributed by atoms with Crippen LogP contribution in [0.4, 0.5) is 4.39 Å². The Bertz CT molecular complexity index is 553. The van der Waals surface area contributed by atoms with E-state index in [2.05, 4.69) is 39.6 Å². The van der Waals surface area contributed by atoms with E-state index in [9.17, 15) is 4.39 Å². The van der Waals surface area contributed by atoms with Gasteiger partial charge in [0.2, 0.25) is 0 Å². The normalized spacial score (nSPS) is 12.6. The van der Waals surface area contributed by atoms with Gasteiger partial charge in [-0.3, -0.25) is 0 Å². The number of hydrogen-bond donors (Lipinski definition) is 1. The van der Waals surface area contributed by atoms with Crippen molar-refractivity contribution in [2.75, 3.05) is 6.54 Å². The van der Waals surface area contributed by atoms with Crippen LogP contribution in [0.1, 0.15) is 35.4 Å². The van der Waals surface area contributed by atoms with Crippen LogP contribution in [0.5, 0.6) is 0 Å². The van der Waals surface area contributed by atoms with Crippen molar-refractivity contribution in [3.05, 3.63) is 55.9 Å². The topological polar surface area (TPSA) is 12.0 Å². The number of aryl methyl sites for hydroxylation is 1. The average molecular weight is 342 g/mol. The molecule has 0 saturated heterocycles. The van der Waals surface area contributed by atoms with E-state index in [0.29, 0.717) is 0 Å². The molecule has 1 heterocycles. The molecule has 2 aromatic rings. The molecule has 1 aromatic carbocycles. The highest BCUT2D eigenvalue weighted by atomic mass is 79.9. The predicted octanol–water partition coefficient (Wildman–Crippen LogP) is 5.05. The monoisotopic (exact) mass is 341 g/mol. The Labute approximate surface area is 126 Å². The fourth-order valence-corrected chi connectivity index (χ4v) is 3.59. The second-order valence-electron chi connectivity index (χ2n) is 4.56. The summed E-state index contributed by atoms with van der Waals surface area (Å²) in [5, 5.41) is 5.57. The van der Waals surface area contributed by atoms with E-state index in [4.69, 9.17) is 0 Å². The summed E-state index contributed by atoms with van der Waals surface area (Å²) in [4.78, 5) is 1.20. The molecule has 0 aliphatic heterocycles. The van der Waals surface area contributed by atoms with Crippen LogP contribution in [-0.2, 0) is 0 Å². The highest BCUT2D eigenvalue weighted by Crippen LogP contribution is 2.32. The lowest BCUT2D eigenvalue weighted by Crippen LogP contribution is -2.23. The van der Waals surface area contributed by atoms with Gasteiger partial charge in [0, 0.05) is 14.7 Å². The Hall–Kier alpha value is -0.710. The summed E-state index contributed by atoms with van der Waals surface area (Å²) < 4.78 is 14.6. The Morgan fingerprint density at radius 3 is 2.79 bits per heavy atom. The van der Waals surface area contributed by atoms with Crippen molar-refractivity contribution in [2.24, 2.45) is 0 Å². The van der Waals surface area contributed by atoms with Gasteiger partial charge in [0.25, 0.3) is 0 Å². The molecule has 1 N–H and O–H groups in total. The molecule has 0 amide bonds. The molecule has 0 aliphatic carbocycles. The molecular weight excluding hydrogens is 325 g/mol. The van der Waals surface area contributed by atoms with Crippen molar-refractivity contribution in [1.29, 1.82) is 0 Å². The van der Waals surface area contributed by atoms with E-state index in [-0.39, 0.29) is 11.9 Å². The zero-order valence-corrected chi connectivity index (χ0v) is 13.4. The maximum Gasteiger partial charge on any atom is 0.123 e. The molecule has 0 bridgehead atoms. The van der Waals surface area contributed by atoms with Crippen LogP contribution in [0.15, 0.2) is 34.1 Å². The summed E-state index contributed by atoms with van der Waals surface area (Å²) in [5.74, 6) is -0.181. The third-order valence-electron chi connectivity index (χ3n) is 3.02. The average Bonchev–Trinajstić information content (AvgIpc) is 2.80. The molecule has 102 valence electrons. The highest BCUT2D eigenvalue weighted by molar-refractivity contribution is 9.10. The van der Waals surface area contributed by atoms with Gasteiger partial charge >= 0.3 is 0 Å². The second-order valence-corrected chi connectivity index (χ2v) is 6.41. The number of benzene rings is 1. The molecular formula is C15H17BrFNS. The molecule has 0 spiro atoms. The van der Waals surface area contributed by atoms with Gasteiger partial charge in [0.1, 0.15) is 5.82 Å². The molecule has 0 fully saturated rings. The van der Waals surface area contributed by atoms with Crippen molar-refractivity contribution in [2.45, 2.75) is 26.3 Å². The summed E-state index contributed by atoms with van der Waals surface area (Å²) in [6.07, 6.45) is 1.05. The molecule has 19 heavy (non-hydrogen) atoms. The number of halogens is 2. The number of thiophene rings is 1. The van der Waals surface area contributed by atoms with E-state index in [1.807, 2.05) is 13.0 Å². The van der Waals surface area contributed by atoms with Gasteiger partial charge in [-0.15, -0.1) is 11.3 Å². The minimum Gasteiger partial charge on any atom is -0.306 e. The Morgan fingerprint density at radius 1 is 1.37 bits per heavy atom. The zero-order valence-electron chi connectivity index (χ0n) is 11.0. The Morgan fingerprint density at radius 2 is 2.16 bits per heavy atom. The summed E-state index contributed by atoms with van der Waals surface area (Å²) in [5.41, 5.74) is 2.13. The molecule has 1 aromatic heterocycles. The van der Waals surface area contributed by atoms with Gasteiger partial charge < -0.3 is 5.32 Å². The van der Waals surface area contributed by atoms with Gasteiger partial charge in [-0.2, -0.15) is 0 Å². The van der Waals surface area contributed by atoms with Crippen molar-refractivity contribution in [1.82, 2.24) is 5.32 Å². The summed E-state index contributed by atoms with van der Waals surface area (Å²) in [7, 11) is 0. The molecule has 2 rings (SSSR count). The van der Waals surface area contributed by atoms with Crippen LogP contribution < -0.4 is 5.32 Å². The van der Waals surface area contributed by atoms with Crippen LogP contribution >= 0.6 is 27.3 Å². The smallest absolute Gasteiger partial charge is 0.123 e. The molecule has 0 aliphatic rings. The SMILES string of the molecule is CCCNC(c1cc(Br)cs1)c1cc(F)ccc1C. The van der Waals surface area contributed by atoms with E-state index in [1.54, 1.807) is 17.4 Å². The van der Waals surface area contributed by atoms with Gasteiger partial charge in [-0.1, -0.05) is 13.0 Å². The van der Waals surface area contributed by atoms with Gasteiger partial charge in [0.15, 0.2) is 0 Å². The predicted molar refractivity (Wildman–Crippen MR) is 83.3 cm³/mol. The lowest BCUT2D eigenvalue weighted by Gasteiger charge is -2.20. The Kier molecular flexibility index (Phi) is 5.13. The maximum absolute atomic E-state index is 13.5. The number of rotatable bonds is 5. The van der Waals surface area contributed by atoms with Crippen molar-refractivity contribution < 1.29 is 4.39 Å². The molecule has 0 saturated carbocycles. The van der Waals surface area contributed by atoms with Crippen LogP contribution in [0.3, 0.4) is 0 Å². The molecule has 1 atom stereocenters. The fraction of sp³-hybridized carbons (Fsp3) is 0.333. The summed E-state index contributed by atoms with van der Waals surface area (Å²) in [6.45, 7) is 5.07. The fourth-order valence-electron chi connectivity index (χ4n) is 2.05. The maximum atomic E-state index is 13.5. The van der Waals surface area contributed by atoms with Crippen LogP contribution in [0.2, 0.25) is 0 Å². The van der Waals surface area contributed by atoms with E-state index in [0.717, 1.165) is 28.6 Å². The van der Waals surface area contributed by atoms with E-state index in [1.165, 1.54) is 10.9 Å². The highest BCUT2D eigenvalue weighted by Gasteiger charge is 2.17. The largest absolute Gasteiger partial charge is 0.306 e. The lowest BCUT2D eigenvalue weighted by atomic mass is 9.99. The first-order chi connectivity index (χ1) is 9.11. The zero-order chi connectivity index (χ0) is 13.8. The first-order valence-corrected chi connectivity index (χ1v) is 8.02. The number of hydrogen-bond acceptors (Lipinski definition) is 2. The van der Waals surface area contributed by atoms with Crippen LogP contribution in [0, 0.1) is 12.7 Å². The van der Waals surface area contributed by atoms with Gasteiger partial charge in [0.05, 0.1) is 6.04 Å². The minimum absolute atomic E-state index is 0.0620. The molecule has 1 unspecified atom stereocenters. The third-order valence-corrected chi connectivity index (χ3v) is 4.78.